The van der Waals surface area contributed by atoms with Crippen molar-refractivity contribution in [3.8, 4) is 0 Å². The maximum Gasteiger partial charge on any atom is 0.283 e. The summed E-state index contributed by atoms with van der Waals surface area (Å²) in [6.07, 6.45) is 0.728. The van der Waals surface area contributed by atoms with Gasteiger partial charge in [-0.25, -0.2) is 8.78 Å². The molecule has 0 spiro atoms. The molecular weight excluding hydrogens is 250 g/mol. The lowest BCUT2D eigenvalue weighted by Gasteiger charge is -2.04. The Bertz CT molecular complexity index is 625. The van der Waals surface area contributed by atoms with E-state index in [1.807, 2.05) is 5.32 Å². The van der Waals surface area contributed by atoms with Crippen molar-refractivity contribution in [2.75, 3.05) is 0 Å². The van der Waals surface area contributed by atoms with Gasteiger partial charge >= 0.3 is 0 Å². The second-order valence-corrected chi connectivity index (χ2v) is 3.42. The summed E-state index contributed by atoms with van der Waals surface area (Å²) in [6, 6.07) is 0.884. The van der Waals surface area contributed by atoms with Crippen LogP contribution in [0.3, 0.4) is 0 Å². The lowest BCUT2D eigenvalue weighted by Crippen LogP contribution is -2.22. The second kappa shape index (κ2) is 3.99. The minimum absolute atomic E-state index is 0.402. The van der Waals surface area contributed by atoms with Gasteiger partial charge in [0.2, 0.25) is 0 Å². The Labute approximate surface area is 98.1 Å². The fraction of sp³-hybridized carbons (Fsp3) is 0. The van der Waals surface area contributed by atoms with Gasteiger partial charge in [0.05, 0.1) is 16.6 Å². The van der Waals surface area contributed by atoms with Gasteiger partial charge in [-0.1, -0.05) is 0 Å². The molecule has 0 saturated carbocycles. The topological polar surface area (TPSA) is 89.3 Å². The molecule has 1 N–H and O–H groups in total. The Morgan fingerprint density at radius 2 is 1.89 bits per heavy atom. The first-order valence-corrected chi connectivity index (χ1v) is 4.61. The predicted molar refractivity (Wildman–Crippen MR) is 54.1 cm³/mol. The van der Waals surface area contributed by atoms with Crippen LogP contribution in [0.15, 0.2) is 18.2 Å². The third-order valence-corrected chi connectivity index (χ3v) is 2.26. The fourth-order valence-electron chi connectivity index (χ4n) is 1.57. The molecule has 1 aliphatic heterocycles. The molecule has 1 heterocycles. The lowest BCUT2D eigenvalue weighted by molar-refractivity contribution is -0.385. The quantitative estimate of drug-likeness (QED) is 0.482. The summed E-state index contributed by atoms with van der Waals surface area (Å²) in [7, 11) is 0. The number of hydrogen-bond donors (Lipinski definition) is 1. The number of nitro groups is 1. The van der Waals surface area contributed by atoms with Crippen LogP contribution in [0.4, 0.5) is 14.5 Å². The van der Waals surface area contributed by atoms with Crippen LogP contribution in [0.2, 0.25) is 0 Å². The van der Waals surface area contributed by atoms with Gasteiger partial charge in [-0.15, -0.1) is 0 Å². The van der Waals surface area contributed by atoms with Crippen molar-refractivity contribution >= 4 is 23.1 Å². The summed E-state index contributed by atoms with van der Waals surface area (Å²) in [6.45, 7) is 0. The molecule has 18 heavy (non-hydrogen) atoms. The van der Waals surface area contributed by atoms with Gasteiger partial charge < -0.3 is 0 Å². The molecule has 0 bridgehead atoms. The van der Waals surface area contributed by atoms with Crippen molar-refractivity contribution in [3.05, 3.63) is 45.5 Å². The highest BCUT2D eigenvalue weighted by molar-refractivity contribution is 6.34. The number of hydrogen-bond acceptors (Lipinski definition) is 4. The average Bonchev–Trinajstić information content (AvgIpc) is 2.56. The molecule has 2 rings (SSSR count). The van der Waals surface area contributed by atoms with Crippen LogP contribution in [0.5, 0.6) is 0 Å². The molecule has 0 unspecified atom stereocenters. The van der Waals surface area contributed by atoms with E-state index < -0.39 is 45.2 Å². The maximum absolute atomic E-state index is 13.5. The van der Waals surface area contributed by atoms with Crippen molar-refractivity contribution in [2.45, 2.75) is 0 Å². The van der Waals surface area contributed by atoms with Crippen molar-refractivity contribution in [2.24, 2.45) is 0 Å². The number of nitro benzene ring substituents is 1. The number of benzene rings is 1. The van der Waals surface area contributed by atoms with Crippen LogP contribution < -0.4 is 5.32 Å². The number of rotatable bonds is 2. The van der Waals surface area contributed by atoms with Crippen LogP contribution in [-0.2, 0) is 9.59 Å². The fourth-order valence-corrected chi connectivity index (χ4v) is 1.57. The minimum Gasteiger partial charge on any atom is -0.289 e. The number of carbonyl (C=O) groups is 2. The van der Waals surface area contributed by atoms with Gasteiger partial charge in [-0.05, 0) is 0 Å². The van der Waals surface area contributed by atoms with E-state index in [0.717, 1.165) is 6.08 Å². The summed E-state index contributed by atoms with van der Waals surface area (Å²) in [5.41, 5.74) is -2.11. The first-order valence-electron chi connectivity index (χ1n) is 4.61. The Balaban J connectivity index is 2.71. The van der Waals surface area contributed by atoms with Crippen LogP contribution in [0, 0.1) is 21.7 Å². The van der Waals surface area contributed by atoms with Crippen LogP contribution in [-0.4, -0.2) is 16.7 Å². The number of halogens is 2. The lowest BCUT2D eigenvalue weighted by atomic mass is 10.0. The van der Waals surface area contributed by atoms with Gasteiger partial charge in [0, 0.05) is 12.1 Å². The van der Waals surface area contributed by atoms with Gasteiger partial charge in [0.15, 0.2) is 0 Å². The van der Waals surface area contributed by atoms with Crippen molar-refractivity contribution in [3.63, 3.8) is 0 Å². The number of nitrogens with zero attached hydrogens (tertiary/aromatic N) is 1. The molecule has 2 amide bonds. The highest BCUT2D eigenvalue weighted by Crippen LogP contribution is 2.31. The van der Waals surface area contributed by atoms with Crippen LogP contribution in [0.25, 0.3) is 5.57 Å². The third-order valence-electron chi connectivity index (χ3n) is 2.26. The molecule has 0 fully saturated rings. The molecule has 1 aliphatic rings. The normalized spacial score (nSPS) is 14.4. The molecule has 0 aliphatic carbocycles. The van der Waals surface area contributed by atoms with Gasteiger partial charge in [0.1, 0.15) is 17.2 Å². The number of nitrogens with one attached hydrogen (secondary N) is 1. The molecule has 0 saturated heterocycles. The number of imide groups is 1. The molecule has 8 heteroatoms. The highest BCUT2D eigenvalue weighted by atomic mass is 19.1. The molecule has 1 aromatic carbocycles. The van der Waals surface area contributed by atoms with Gasteiger partial charge in [0.25, 0.3) is 17.5 Å². The minimum atomic E-state index is -1.28. The molecule has 0 aromatic heterocycles. The van der Waals surface area contributed by atoms with Crippen molar-refractivity contribution < 1.29 is 23.3 Å². The zero-order valence-corrected chi connectivity index (χ0v) is 8.57. The van der Waals surface area contributed by atoms with E-state index in [-0.39, 0.29) is 0 Å². The molecular formula is C10H4F2N2O4. The Morgan fingerprint density at radius 1 is 1.22 bits per heavy atom. The summed E-state index contributed by atoms with van der Waals surface area (Å²) in [5, 5.41) is 12.5. The molecule has 0 radical (unpaired) electrons. The first-order chi connectivity index (χ1) is 8.40. The Morgan fingerprint density at radius 3 is 2.39 bits per heavy atom. The second-order valence-electron chi connectivity index (χ2n) is 3.42. The summed E-state index contributed by atoms with van der Waals surface area (Å²) < 4.78 is 26.4. The average molecular weight is 254 g/mol. The van der Waals surface area contributed by atoms with Crippen molar-refractivity contribution in [1.82, 2.24) is 5.32 Å². The van der Waals surface area contributed by atoms with E-state index in [9.17, 15) is 28.5 Å². The highest BCUT2D eigenvalue weighted by Gasteiger charge is 2.31. The van der Waals surface area contributed by atoms with Crippen molar-refractivity contribution in [1.29, 1.82) is 0 Å². The summed E-state index contributed by atoms with van der Waals surface area (Å²) in [4.78, 5) is 31.9. The molecule has 92 valence electrons. The monoisotopic (exact) mass is 254 g/mol. The van der Waals surface area contributed by atoms with E-state index in [2.05, 4.69) is 0 Å². The third kappa shape index (κ3) is 1.83. The number of amides is 2. The molecule has 1 aromatic rings. The SMILES string of the molecule is O=C1C=C(c2c(F)cc(F)cc2[N+](=O)[O-])C(=O)N1. The smallest absolute Gasteiger partial charge is 0.283 e. The summed E-state index contributed by atoms with van der Waals surface area (Å²) in [5.74, 6) is -4.20. The zero-order valence-electron chi connectivity index (χ0n) is 8.57. The zero-order chi connectivity index (χ0) is 13.4. The van der Waals surface area contributed by atoms with E-state index in [1.54, 1.807) is 0 Å². The Hall–Kier alpha value is -2.64. The predicted octanol–water partition coefficient (Wildman–Crippen LogP) is 0.913. The standard InChI is InChI=1S/C10H4F2N2O4/c11-4-1-6(12)9(7(2-4)14(17)18)5-3-8(15)13-10(5)16/h1-3H,(H,13,15,16). The molecule has 0 atom stereocenters. The van der Waals surface area contributed by atoms with Crippen LogP contribution >= 0.6 is 0 Å². The largest absolute Gasteiger partial charge is 0.289 e. The van der Waals surface area contributed by atoms with E-state index in [1.165, 1.54) is 0 Å². The van der Waals surface area contributed by atoms with Gasteiger partial charge in [-0.2, -0.15) is 0 Å². The van der Waals surface area contributed by atoms with E-state index in [0.29, 0.717) is 12.1 Å². The van der Waals surface area contributed by atoms with E-state index >= 15 is 0 Å². The Kier molecular flexibility index (Phi) is 2.62. The first kappa shape index (κ1) is 11.8. The van der Waals surface area contributed by atoms with E-state index in [4.69, 9.17) is 0 Å². The maximum atomic E-state index is 13.5. The summed E-state index contributed by atoms with van der Waals surface area (Å²) >= 11 is 0. The van der Waals surface area contributed by atoms with Gasteiger partial charge in [-0.3, -0.25) is 25.0 Å². The molecule has 6 nitrogen and oxygen atoms in total. The van der Waals surface area contributed by atoms with Crippen LogP contribution in [0.1, 0.15) is 5.56 Å². The number of carbonyl (C=O) groups excluding carboxylic acids is 2.